The van der Waals surface area contributed by atoms with Crippen molar-refractivity contribution in [3.05, 3.63) is 74.0 Å². The van der Waals surface area contributed by atoms with Crippen molar-refractivity contribution in [2.45, 2.75) is 26.9 Å². The number of allylic oxidation sites excluding steroid dienone is 1. The van der Waals surface area contributed by atoms with E-state index in [1.807, 2.05) is 11.5 Å². The Morgan fingerprint density at radius 2 is 2.12 bits per heavy atom. The van der Waals surface area contributed by atoms with Crippen molar-refractivity contribution in [3.63, 3.8) is 0 Å². The lowest BCUT2D eigenvalue weighted by atomic mass is 10.1. The molecule has 2 rings (SSSR count). The highest BCUT2D eigenvalue weighted by Crippen LogP contribution is 2.17. The minimum atomic E-state index is -0.735. The van der Waals surface area contributed by atoms with Gasteiger partial charge in [0.1, 0.15) is 11.6 Å². The largest absolute Gasteiger partial charge is 0.345 e. The molecule has 2 heterocycles. The zero-order valence-corrected chi connectivity index (χ0v) is 13.9. The van der Waals surface area contributed by atoms with E-state index in [-0.39, 0.29) is 17.9 Å². The molecular formula is C17H16N4O4. The van der Waals surface area contributed by atoms with E-state index in [4.69, 9.17) is 5.26 Å². The molecule has 0 aromatic carbocycles. The summed E-state index contributed by atoms with van der Waals surface area (Å²) >= 11 is 0. The Balaban J connectivity index is 2.45. The van der Waals surface area contributed by atoms with Crippen molar-refractivity contribution in [3.8, 4) is 6.07 Å². The van der Waals surface area contributed by atoms with Gasteiger partial charge in [-0.05, 0) is 19.9 Å². The molecule has 0 atom stereocenters. The Labute approximate surface area is 143 Å². The van der Waals surface area contributed by atoms with Gasteiger partial charge in [0.2, 0.25) is 0 Å². The molecule has 0 aliphatic heterocycles. The molecule has 0 saturated carbocycles. The van der Waals surface area contributed by atoms with Gasteiger partial charge in [-0.2, -0.15) is 5.26 Å². The summed E-state index contributed by atoms with van der Waals surface area (Å²) in [6, 6.07) is 4.23. The van der Waals surface area contributed by atoms with E-state index in [1.165, 1.54) is 0 Å². The second-order valence-electron chi connectivity index (χ2n) is 5.52. The van der Waals surface area contributed by atoms with Crippen LogP contribution in [0.5, 0.6) is 0 Å². The Bertz CT molecular complexity index is 976. The van der Waals surface area contributed by atoms with Gasteiger partial charge in [0, 0.05) is 29.6 Å². The maximum Gasteiger partial charge on any atom is 0.287 e. The molecule has 0 saturated heterocycles. The number of pyridine rings is 1. The summed E-state index contributed by atoms with van der Waals surface area (Å²) in [5, 5.41) is 19.9. The van der Waals surface area contributed by atoms with Crippen LogP contribution >= 0.6 is 0 Å². The van der Waals surface area contributed by atoms with Crippen LogP contribution in [0.3, 0.4) is 0 Å². The molecule has 25 heavy (non-hydrogen) atoms. The minimum Gasteiger partial charge on any atom is -0.345 e. The number of hydrogen-bond donors (Lipinski definition) is 0. The second kappa shape index (κ2) is 6.97. The van der Waals surface area contributed by atoms with E-state index in [2.05, 4.69) is 6.58 Å². The van der Waals surface area contributed by atoms with Gasteiger partial charge >= 0.3 is 0 Å². The molecule has 0 radical (unpaired) electrons. The predicted octanol–water partition coefficient (Wildman–Crippen LogP) is 2.12. The van der Waals surface area contributed by atoms with Crippen molar-refractivity contribution in [1.29, 1.82) is 5.26 Å². The molecule has 0 aliphatic carbocycles. The number of ketones is 1. The number of carbonyl (C=O) groups is 1. The summed E-state index contributed by atoms with van der Waals surface area (Å²) in [5.74, 6) is -0.366. The Kier molecular flexibility index (Phi) is 4.98. The van der Waals surface area contributed by atoms with Crippen LogP contribution in [0.2, 0.25) is 0 Å². The number of Topliss-reactive ketones (excluding diaryl/α,β-unsaturated/α-hetero) is 1. The standard InChI is InChI=1S/C17H16N4O4/c1-4-5-20-11(2)6-15(12(20)3)16(22)10-19-9-14(21(24)25)7-13(8-18)17(19)23/h4,6-7,9H,1,5,10H2,2-3H3. The average Bonchev–Trinajstić information content (AvgIpc) is 2.85. The van der Waals surface area contributed by atoms with Gasteiger partial charge in [0.15, 0.2) is 5.78 Å². The van der Waals surface area contributed by atoms with E-state index in [9.17, 15) is 19.7 Å². The van der Waals surface area contributed by atoms with Crippen LogP contribution in [-0.4, -0.2) is 19.8 Å². The van der Waals surface area contributed by atoms with Crippen molar-refractivity contribution >= 4 is 11.5 Å². The van der Waals surface area contributed by atoms with Crippen LogP contribution in [0.4, 0.5) is 5.69 Å². The smallest absolute Gasteiger partial charge is 0.287 e. The van der Waals surface area contributed by atoms with Crippen molar-refractivity contribution < 1.29 is 9.72 Å². The fraction of sp³-hybridized carbons (Fsp3) is 0.235. The quantitative estimate of drug-likeness (QED) is 0.346. The molecule has 0 fully saturated rings. The molecule has 2 aromatic heterocycles. The number of nitriles is 1. The lowest BCUT2D eigenvalue weighted by molar-refractivity contribution is -0.385. The van der Waals surface area contributed by atoms with E-state index < -0.39 is 16.2 Å². The summed E-state index contributed by atoms with van der Waals surface area (Å²) in [6.45, 7) is 7.46. The molecule has 0 bridgehead atoms. The lowest BCUT2D eigenvalue weighted by Crippen LogP contribution is -2.26. The summed E-state index contributed by atoms with van der Waals surface area (Å²) in [5.41, 5.74) is 0.490. The monoisotopic (exact) mass is 340 g/mol. The van der Waals surface area contributed by atoms with Crippen molar-refractivity contribution in [2.24, 2.45) is 0 Å². The number of nitro groups is 1. The Morgan fingerprint density at radius 3 is 2.68 bits per heavy atom. The maximum absolute atomic E-state index is 12.6. The summed E-state index contributed by atoms with van der Waals surface area (Å²) < 4.78 is 2.80. The minimum absolute atomic E-state index is 0.366. The number of hydrogen-bond acceptors (Lipinski definition) is 5. The topological polar surface area (TPSA) is 111 Å². The van der Waals surface area contributed by atoms with E-state index in [0.717, 1.165) is 28.2 Å². The van der Waals surface area contributed by atoms with Crippen LogP contribution in [0, 0.1) is 35.3 Å². The fourth-order valence-corrected chi connectivity index (χ4v) is 2.65. The van der Waals surface area contributed by atoms with Gasteiger partial charge in [-0.3, -0.25) is 24.3 Å². The molecule has 128 valence electrons. The van der Waals surface area contributed by atoms with Gasteiger partial charge in [-0.15, -0.1) is 6.58 Å². The second-order valence-corrected chi connectivity index (χ2v) is 5.52. The number of aromatic nitrogens is 2. The van der Waals surface area contributed by atoms with E-state index >= 15 is 0 Å². The normalized spacial score (nSPS) is 10.3. The highest BCUT2D eigenvalue weighted by atomic mass is 16.6. The first-order valence-electron chi connectivity index (χ1n) is 7.40. The van der Waals surface area contributed by atoms with Crippen LogP contribution in [-0.2, 0) is 13.1 Å². The molecule has 0 amide bonds. The van der Waals surface area contributed by atoms with Crippen molar-refractivity contribution in [2.75, 3.05) is 0 Å². The van der Waals surface area contributed by atoms with Gasteiger partial charge in [0.25, 0.3) is 11.2 Å². The molecule has 0 N–H and O–H groups in total. The van der Waals surface area contributed by atoms with Gasteiger partial charge in [-0.1, -0.05) is 6.08 Å². The number of aryl methyl sites for hydroxylation is 1. The van der Waals surface area contributed by atoms with Crippen molar-refractivity contribution in [1.82, 2.24) is 9.13 Å². The highest BCUT2D eigenvalue weighted by Gasteiger charge is 2.19. The summed E-state index contributed by atoms with van der Waals surface area (Å²) in [6.07, 6.45) is 2.68. The van der Waals surface area contributed by atoms with E-state index in [1.54, 1.807) is 25.1 Å². The molecule has 8 heteroatoms. The molecule has 0 spiro atoms. The van der Waals surface area contributed by atoms with E-state index in [0.29, 0.717) is 12.1 Å². The third kappa shape index (κ3) is 3.40. The van der Waals surface area contributed by atoms with Crippen LogP contribution in [0.15, 0.2) is 35.8 Å². The number of nitrogens with zero attached hydrogens (tertiary/aromatic N) is 4. The molecule has 8 nitrogen and oxygen atoms in total. The zero-order chi connectivity index (χ0) is 18.7. The fourth-order valence-electron chi connectivity index (χ4n) is 2.65. The highest BCUT2D eigenvalue weighted by molar-refractivity contribution is 5.97. The number of carbonyl (C=O) groups excluding carboxylic acids is 1. The maximum atomic E-state index is 12.6. The first-order chi connectivity index (χ1) is 11.8. The summed E-state index contributed by atoms with van der Waals surface area (Å²) in [7, 11) is 0. The third-order valence-corrected chi connectivity index (χ3v) is 3.90. The Morgan fingerprint density at radius 1 is 1.44 bits per heavy atom. The third-order valence-electron chi connectivity index (χ3n) is 3.90. The SMILES string of the molecule is C=CCn1c(C)cc(C(=O)Cn2cc([N+](=O)[O-])cc(C#N)c2=O)c1C. The van der Waals surface area contributed by atoms with Gasteiger partial charge in [0.05, 0.1) is 17.7 Å². The molecular weight excluding hydrogens is 324 g/mol. The summed E-state index contributed by atoms with van der Waals surface area (Å²) in [4.78, 5) is 35.0. The molecule has 0 unspecified atom stereocenters. The molecule has 2 aromatic rings. The first kappa shape index (κ1) is 17.9. The average molecular weight is 340 g/mol. The Hall–Kier alpha value is -3.47. The van der Waals surface area contributed by atoms with Crippen LogP contribution in [0.25, 0.3) is 0 Å². The first-order valence-corrected chi connectivity index (χ1v) is 7.40. The lowest BCUT2D eigenvalue weighted by Gasteiger charge is -2.07. The number of rotatable bonds is 6. The zero-order valence-electron chi connectivity index (χ0n) is 13.9. The van der Waals surface area contributed by atoms with Crippen LogP contribution in [0.1, 0.15) is 27.3 Å². The predicted molar refractivity (Wildman–Crippen MR) is 90.5 cm³/mol. The van der Waals surface area contributed by atoms with Gasteiger partial charge < -0.3 is 4.57 Å². The van der Waals surface area contributed by atoms with Gasteiger partial charge in [-0.25, -0.2) is 0 Å². The van der Waals surface area contributed by atoms with Crippen LogP contribution < -0.4 is 5.56 Å². The molecule has 0 aliphatic rings.